The van der Waals surface area contributed by atoms with Crippen LogP contribution in [-0.2, 0) is 16.4 Å². The van der Waals surface area contributed by atoms with Crippen molar-refractivity contribution in [2.24, 2.45) is 5.92 Å². The second-order valence-corrected chi connectivity index (χ2v) is 12.1. The van der Waals surface area contributed by atoms with Gasteiger partial charge in [-0.05, 0) is 43.4 Å². The van der Waals surface area contributed by atoms with E-state index in [4.69, 9.17) is 4.98 Å². The van der Waals surface area contributed by atoms with E-state index >= 15 is 4.39 Å². The van der Waals surface area contributed by atoms with Gasteiger partial charge in [0.15, 0.2) is 5.82 Å². The van der Waals surface area contributed by atoms with Gasteiger partial charge in [0.1, 0.15) is 10.7 Å². The lowest BCUT2D eigenvalue weighted by molar-refractivity contribution is 0.490. The minimum atomic E-state index is -4.07. The highest BCUT2D eigenvalue weighted by molar-refractivity contribution is 7.92. The zero-order chi connectivity index (χ0) is 23.2. The molecule has 1 saturated carbocycles. The van der Waals surface area contributed by atoms with Crippen LogP contribution in [0.2, 0.25) is 0 Å². The Balaban J connectivity index is 1.35. The number of halogens is 1. The first-order valence-corrected chi connectivity index (χ1v) is 14.2. The number of rotatable bonds is 8. The van der Waals surface area contributed by atoms with Gasteiger partial charge in [-0.25, -0.2) is 22.8 Å². The Labute approximate surface area is 201 Å². The third kappa shape index (κ3) is 4.77. The number of nitrogens with one attached hydrogen (secondary N) is 2. The summed E-state index contributed by atoms with van der Waals surface area (Å²) < 4.78 is 42.8. The van der Waals surface area contributed by atoms with Crippen LogP contribution in [0.4, 0.5) is 15.9 Å². The van der Waals surface area contributed by atoms with E-state index in [1.807, 2.05) is 14.0 Å². The third-order valence-corrected chi connectivity index (χ3v) is 9.24. The maximum atomic E-state index is 15.0. The predicted molar refractivity (Wildman–Crippen MR) is 130 cm³/mol. The molecule has 2 atom stereocenters. The van der Waals surface area contributed by atoms with E-state index in [9.17, 15) is 8.42 Å². The lowest BCUT2D eigenvalue weighted by Gasteiger charge is -2.32. The van der Waals surface area contributed by atoms with E-state index in [1.165, 1.54) is 47.5 Å². The fourth-order valence-corrected chi connectivity index (χ4v) is 7.13. The van der Waals surface area contributed by atoms with Gasteiger partial charge in [-0.1, -0.05) is 0 Å². The Hall–Kier alpha value is -2.08. The number of nitrogens with zero attached hydrogens (tertiary/aromatic N) is 3. The number of thiazole rings is 2. The number of likely N-dealkylation sites (N-methyl/N-ethyl adjacent to an activating group) is 1. The largest absolute Gasteiger partial charge is 0.370 e. The molecule has 2 fully saturated rings. The van der Waals surface area contributed by atoms with Gasteiger partial charge in [-0.3, -0.25) is 4.72 Å². The van der Waals surface area contributed by atoms with Crippen LogP contribution < -0.4 is 14.9 Å². The summed E-state index contributed by atoms with van der Waals surface area (Å²) in [5.74, 6) is 0.401. The first-order valence-electron chi connectivity index (χ1n) is 10.9. The fourth-order valence-electron chi connectivity index (χ4n) is 4.46. The van der Waals surface area contributed by atoms with E-state index < -0.39 is 15.8 Å². The molecule has 2 N–H and O–H groups in total. The third-order valence-electron chi connectivity index (χ3n) is 6.39. The van der Waals surface area contributed by atoms with Crippen LogP contribution >= 0.6 is 22.7 Å². The molecular formula is C22H26FN5O2S3. The quantitative estimate of drug-likeness (QED) is 0.479. The summed E-state index contributed by atoms with van der Waals surface area (Å²) in [6.45, 7) is 3.47. The van der Waals surface area contributed by atoms with Crippen LogP contribution in [0.3, 0.4) is 0 Å². The van der Waals surface area contributed by atoms with Crippen molar-refractivity contribution in [3.63, 3.8) is 0 Å². The van der Waals surface area contributed by atoms with Crippen molar-refractivity contribution in [2.75, 3.05) is 29.8 Å². The minimum Gasteiger partial charge on any atom is -0.370 e. The minimum absolute atomic E-state index is 0.159. The number of anilines is 2. The predicted octanol–water partition coefficient (Wildman–Crippen LogP) is 3.99. The van der Waals surface area contributed by atoms with Crippen LogP contribution in [-0.4, -0.2) is 44.6 Å². The number of hydrogen-bond donors (Lipinski definition) is 2. The molecule has 2 aliphatic rings. The van der Waals surface area contributed by atoms with E-state index in [0.717, 1.165) is 24.5 Å². The monoisotopic (exact) mass is 507 g/mol. The molecule has 1 aromatic carbocycles. The van der Waals surface area contributed by atoms with Crippen LogP contribution in [0.15, 0.2) is 33.3 Å². The molecule has 0 bridgehead atoms. The van der Waals surface area contributed by atoms with Crippen molar-refractivity contribution >= 4 is 44.2 Å². The van der Waals surface area contributed by atoms with Crippen LogP contribution in [0.1, 0.15) is 35.0 Å². The number of benzene rings is 1. The zero-order valence-corrected chi connectivity index (χ0v) is 20.9. The Kier molecular flexibility index (Phi) is 6.15. The van der Waals surface area contributed by atoms with Gasteiger partial charge >= 0.3 is 0 Å². The molecule has 0 amide bonds. The second kappa shape index (κ2) is 8.94. The Morgan fingerprint density at radius 2 is 2.09 bits per heavy atom. The molecule has 7 nitrogen and oxygen atoms in total. The number of aryl methyl sites for hydroxylation is 1. The summed E-state index contributed by atoms with van der Waals surface area (Å²) in [5, 5.41) is 8.36. The van der Waals surface area contributed by atoms with Crippen molar-refractivity contribution in [2.45, 2.75) is 43.0 Å². The molecule has 3 heterocycles. The van der Waals surface area contributed by atoms with E-state index in [0.29, 0.717) is 23.1 Å². The van der Waals surface area contributed by atoms with Gasteiger partial charge in [-0.2, -0.15) is 0 Å². The topological polar surface area (TPSA) is 87.2 Å². The van der Waals surface area contributed by atoms with E-state index in [2.05, 4.69) is 25.3 Å². The highest BCUT2D eigenvalue weighted by Crippen LogP contribution is 2.40. The smallest absolute Gasteiger partial charge is 0.266 e. The highest BCUT2D eigenvalue weighted by Gasteiger charge is 2.33. The average molecular weight is 508 g/mol. The van der Waals surface area contributed by atoms with Gasteiger partial charge in [-0.15, -0.1) is 22.7 Å². The van der Waals surface area contributed by atoms with Crippen LogP contribution in [0.5, 0.6) is 0 Å². The maximum Gasteiger partial charge on any atom is 0.266 e. The van der Waals surface area contributed by atoms with Crippen molar-refractivity contribution in [1.29, 1.82) is 0 Å². The van der Waals surface area contributed by atoms with Crippen molar-refractivity contribution in [3.8, 4) is 0 Å². The number of aromatic nitrogens is 2. The summed E-state index contributed by atoms with van der Waals surface area (Å²) in [6, 6.07) is 2.89. The normalized spacial score (nSPS) is 20.8. The molecule has 5 rings (SSSR count). The number of sulfonamides is 1. The molecule has 11 heteroatoms. The van der Waals surface area contributed by atoms with Crippen molar-refractivity contribution in [3.05, 3.63) is 50.5 Å². The molecule has 3 aromatic rings. The van der Waals surface area contributed by atoms with E-state index in [-0.39, 0.29) is 16.8 Å². The van der Waals surface area contributed by atoms with Gasteiger partial charge in [0.2, 0.25) is 0 Å². The molecule has 1 aliphatic carbocycles. The second-order valence-electron chi connectivity index (χ2n) is 8.79. The summed E-state index contributed by atoms with van der Waals surface area (Å²) in [7, 11) is -2.12. The van der Waals surface area contributed by atoms with Crippen LogP contribution in [0.25, 0.3) is 0 Å². The summed E-state index contributed by atoms with van der Waals surface area (Å²) in [6.07, 6.45) is 3.37. The standard InChI is InChI=1S/C22H26FN5O2S3/c1-13-5-20(33(29,30)27-21-11-31-12-25-21)16(23)7-18(13)28(2)19-9-24-8-15(19)6-22-26-17(10-32-22)14-3-4-14/h5,7,10-12,14-15,19,24,27H,3-4,6,8-9H2,1-2H3. The van der Waals surface area contributed by atoms with E-state index in [1.54, 1.807) is 16.7 Å². The molecule has 33 heavy (non-hydrogen) atoms. The zero-order valence-electron chi connectivity index (χ0n) is 18.4. The molecule has 0 radical (unpaired) electrons. The molecule has 2 aromatic heterocycles. The summed E-state index contributed by atoms with van der Waals surface area (Å²) >= 11 is 2.99. The lowest BCUT2D eigenvalue weighted by Crippen LogP contribution is -2.39. The van der Waals surface area contributed by atoms with Crippen molar-refractivity contribution in [1.82, 2.24) is 15.3 Å². The van der Waals surface area contributed by atoms with Gasteiger partial charge < -0.3 is 10.2 Å². The molecule has 1 saturated heterocycles. The Morgan fingerprint density at radius 1 is 1.27 bits per heavy atom. The van der Waals surface area contributed by atoms with Crippen LogP contribution in [0, 0.1) is 18.7 Å². The first-order chi connectivity index (χ1) is 15.8. The molecule has 176 valence electrons. The first kappa shape index (κ1) is 22.7. The van der Waals surface area contributed by atoms with Gasteiger partial charge in [0.05, 0.1) is 16.2 Å². The van der Waals surface area contributed by atoms with Crippen molar-refractivity contribution < 1.29 is 12.8 Å². The fraction of sp³-hybridized carbons (Fsp3) is 0.455. The summed E-state index contributed by atoms with van der Waals surface area (Å²) in [4.78, 5) is 10.5. The molecule has 1 aliphatic heterocycles. The molecule has 0 spiro atoms. The number of hydrogen-bond acceptors (Lipinski definition) is 8. The molecular weight excluding hydrogens is 481 g/mol. The van der Waals surface area contributed by atoms with Gasteiger partial charge in [0.25, 0.3) is 10.0 Å². The Bertz CT molecular complexity index is 1240. The SMILES string of the molecule is Cc1cc(S(=O)(=O)Nc2cscn2)c(F)cc1N(C)C1CNCC1Cc1nc(C2CC2)cs1. The highest BCUT2D eigenvalue weighted by atomic mass is 32.2. The summed E-state index contributed by atoms with van der Waals surface area (Å²) in [5.41, 5.74) is 4.14. The average Bonchev–Trinajstić information content (AvgIpc) is 3.15. The molecule has 2 unspecified atom stereocenters. The lowest BCUT2D eigenvalue weighted by atomic mass is 9.98. The Morgan fingerprint density at radius 3 is 2.82 bits per heavy atom. The maximum absolute atomic E-state index is 15.0. The van der Waals surface area contributed by atoms with Gasteiger partial charge in [0, 0.05) is 55.0 Å².